The number of carbonyl (C=O) groups is 1. The number of hydrogen-bond acceptors (Lipinski definition) is 4. The number of nitrogens with one attached hydrogen (secondary N) is 1. The van der Waals surface area contributed by atoms with E-state index in [1.54, 1.807) is 6.07 Å². The van der Waals surface area contributed by atoms with Crippen molar-refractivity contribution in [3.8, 4) is 11.5 Å². The molecule has 6 heteroatoms. The SMILES string of the molecule is COc1cc(CNC(C)(C)CC(C)(C)C)cc(Cl)c1OCC(N)=O. The largest absolute Gasteiger partial charge is 0.493 e. The van der Waals surface area contributed by atoms with Crippen LogP contribution in [0.15, 0.2) is 12.1 Å². The van der Waals surface area contributed by atoms with Crippen molar-refractivity contribution in [1.29, 1.82) is 0 Å². The van der Waals surface area contributed by atoms with Crippen molar-refractivity contribution >= 4 is 17.5 Å². The van der Waals surface area contributed by atoms with Gasteiger partial charge in [0.05, 0.1) is 12.1 Å². The molecule has 0 spiro atoms. The van der Waals surface area contributed by atoms with Crippen LogP contribution in [0.25, 0.3) is 0 Å². The fourth-order valence-electron chi connectivity index (χ4n) is 2.89. The van der Waals surface area contributed by atoms with Crippen LogP contribution in [0.2, 0.25) is 5.02 Å². The lowest BCUT2D eigenvalue weighted by Gasteiger charge is -2.33. The smallest absolute Gasteiger partial charge is 0.255 e. The fourth-order valence-corrected chi connectivity index (χ4v) is 3.18. The molecule has 0 aliphatic heterocycles. The number of carbonyl (C=O) groups excluding carboxylic acids is 1. The molecule has 0 aromatic heterocycles. The first kappa shape index (κ1) is 20.6. The summed E-state index contributed by atoms with van der Waals surface area (Å²) in [5.41, 5.74) is 6.30. The van der Waals surface area contributed by atoms with Crippen molar-refractivity contribution in [2.24, 2.45) is 11.1 Å². The van der Waals surface area contributed by atoms with Crippen LogP contribution in [-0.2, 0) is 11.3 Å². The van der Waals surface area contributed by atoms with E-state index in [1.165, 1.54) is 7.11 Å². The van der Waals surface area contributed by atoms with Gasteiger partial charge < -0.3 is 20.5 Å². The Hall–Kier alpha value is -1.46. The molecule has 5 nitrogen and oxygen atoms in total. The summed E-state index contributed by atoms with van der Waals surface area (Å²) in [6.07, 6.45) is 1.03. The van der Waals surface area contributed by atoms with Gasteiger partial charge in [0, 0.05) is 12.1 Å². The average molecular weight is 357 g/mol. The summed E-state index contributed by atoms with van der Waals surface area (Å²) < 4.78 is 10.7. The maximum absolute atomic E-state index is 10.9. The summed E-state index contributed by atoms with van der Waals surface area (Å²) in [6, 6.07) is 3.66. The monoisotopic (exact) mass is 356 g/mol. The maximum Gasteiger partial charge on any atom is 0.255 e. The van der Waals surface area contributed by atoms with Crippen LogP contribution in [0.3, 0.4) is 0 Å². The van der Waals surface area contributed by atoms with Gasteiger partial charge in [0.15, 0.2) is 18.1 Å². The van der Waals surface area contributed by atoms with Gasteiger partial charge in [0.2, 0.25) is 0 Å². The molecule has 0 radical (unpaired) electrons. The molecule has 0 aliphatic rings. The predicted octanol–water partition coefficient (Wildman–Crippen LogP) is 3.52. The standard InChI is InChI=1S/C18H29ClN2O3/c1-17(2,3)11-18(4,5)21-9-12-7-13(19)16(14(8-12)23-6)24-10-15(20)22/h7-8,21H,9-11H2,1-6H3,(H2,20,22). The summed E-state index contributed by atoms with van der Waals surface area (Å²) in [6.45, 7) is 11.4. The molecule has 0 unspecified atom stereocenters. The molecule has 0 saturated carbocycles. The molecule has 1 amide bonds. The number of methoxy groups -OCH3 is 1. The number of rotatable bonds is 8. The Morgan fingerprint density at radius 2 is 1.88 bits per heavy atom. The third-order valence-electron chi connectivity index (χ3n) is 3.39. The average Bonchev–Trinajstić information content (AvgIpc) is 2.40. The Morgan fingerprint density at radius 1 is 1.25 bits per heavy atom. The van der Waals surface area contributed by atoms with E-state index in [9.17, 15) is 4.79 Å². The van der Waals surface area contributed by atoms with Crippen LogP contribution in [0, 0.1) is 5.41 Å². The van der Waals surface area contributed by atoms with E-state index in [0.717, 1.165) is 12.0 Å². The normalized spacial score (nSPS) is 12.1. The van der Waals surface area contributed by atoms with E-state index in [-0.39, 0.29) is 17.6 Å². The molecule has 3 N–H and O–H groups in total. The number of amides is 1. The van der Waals surface area contributed by atoms with Crippen molar-refractivity contribution in [2.75, 3.05) is 13.7 Å². The lowest BCUT2D eigenvalue weighted by Crippen LogP contribution is -2.41. The molecular formula is C18H29ClN2O3. The number of primary amides is 1. The van der Waals surface area contributed by atoms with Gasteiger partial charge in [0.1, 0.15) is 0 Å². The summed E-state index contributed by atoms with van der Waals surface area (Å²) >= 11 is 6.27. The molecule has 0 heterocycles. The van der Waals surface area contributed by atoms with Crippen LogP contribution >= 0.6 is 11.6 Å². The first-order chi connectivity index (χ1) is 10.9. The van der Waals surface area contributed by atoms with E-state index in [1.807, 2.05) is 6.07 Å². The highest BCUT2D eigenvalue weighted by atomic mass is 35.5. The first-order valence-electron chi connectivity index (χ1n) is 7.96. The van der Waals surface area contributed by atoms with Gasteiger partial charge in [-0.05, 0) is 43.4 Å². The molecule has 24 heavy (non-hydrogen) atoms. The van der Waals surface area contributed by atoms with E-state index in [0.29, 0.717) is 23.1 Å². The Kier molecular flexibility index (Phi) is 6.93. The van der Waals surface area contributed by atoms with E-state index >= 15 is 0 Å². The molecule has 1 aromatic carbocycles. The van der Waals surface area contributed by atoms with Crippen LogP contribution in [0.5, 0.6) is 11.5 Å². The molecule has 1 rings (SSSR count). The molecule has 0 fully saturated rings. The molecule has 1 aromatic rings. The van der Waals surface area contributed by atoms with E-state index < -0.39 is 5.91 Å². The second-order valence-electron chi connectivity index (χ2n) is 7.84. The first-order valence-corrected chi connectivity index (χ1v) is 8.34. The summed E-state index contributed by atoms with van der Waals surface area (Å²) in [5.74, 6) is 0.243. The number of benzene rings is 1. The number of ether oxygens (including phenoxy) is 2. The molecule has 136 valence electrons. The highest BCUT2D eigenvalue weighted by Gasteiger charge is 2.25. The fraction of sp³-hybridized carbons (Fsp3) is 0.611. The van der Waals surface area contributed by atoms with E-state index in [2.05, 4.69) is 39.9 Å². The second-order valence-corrected chi connectivity index (χ2v) is 8.25. The van der Waals surface area contributed by atoms with Crippen molar-refractivity contribution in [1.82, 2.24) is 5.32 Å². The van der Waals surface area contributed by atoms with Crippen molar-refractivity contribution in [3.63, 3.8) is 0 Å². The zero-order chi connectivity index (χ0) is 18.5. The van der Waals surface area contributed by atoms with Crippen LogP contribution in [0.1, 0.15) is 46.6 Å². The highest BCUT2D eigenvalue weighted by Crippen LogP contribution is 2.36. The van der Waals surface area contributed by atoms with Crippen LogP contribution < -0.4 is 20.5 Å². The summed E-state index contributed by atoms with van der Waals surface area (Å²) in [7, 11) is 1.53. The molecule has 0 saturated heterocycles. The van der Waals surface area contributed by atoms with Gasteiger partial charge in [0.25, 0.3) is 5.91 Å². The molecule has 0 aliphatic carbocycles. The topological polar surface area (TPSA) is 73.6 Å². The Labute approximate surface area is 149 Å². The van der Waals surface area contributed by atoms with Gasteiger partial charge in [-0.2, -0.15) is 0 Å². The number of halogens is 1. The lowest BCUT2D eigenvalue weighted by atomic mass is 9.82. The van der Waals surface area contributed by atoms with Crippen molar-refractivity contribution in [2.45, 2.75) is 53.1 Å². The third-order valence-corrected chi connectivity index (χ3v) is 3.67. The summed E-state index contributed by atoms with van der Waals surface area (Å²) in [4.78, 5) is 10.9. The Bertz CT molecular complexity index is 580. The van der Waals surface area contributed by atoms with Gasteiger partial charge in [-0.1, -0.05) is 32.4 Å². The van der Waals surface area contributed by atoms with E-state index in [4.69, 9.17) is 26.8 Å². The number of hydrogen-bond donors (Lipinski definition) is 2. The Balaban J connectivity index is 2.87. The maximum atomic E-state index is 10.9. The molecule has 0 bridgehead atoms. The van der Waals surface area contributed by atoms with Crippen LogP contribution in [0.4, 0.5) is 0 Å². The van der Waals surface area contributed by atoms with Crippen molar-refractivity contribution < 1.29 is 14.3 Å². The van der Waals surface area contributed by atoms with Gasteiger partial charge in [-0.3, -0.25) is 4.79 Å². The van der Waals surface area contributed by atoms with Gasteiger partial charge in [-0.25, -0.2) is 0 Å². The minimum absolute atomic E-state index is 0.0148. The van der Waals surface area contributed by atoms with Gasteiger partial charge in [-0.15, -0.1) is 0 Å². The minimum atomic E-state index is -0.567. The summed E-state index contributed by atoms with van der Waals surface area (Å²) in [5, 5.41) is 3.94. The number of nitrogens with two attached hydrogens (primary N) is 1. The Morgan fingerprint density at radius 3 is 2.38 bits per heavy atom. The second kappa shape index (κ2) is 8.08. The minimum Gasteiger partial charge on any atom is -0.493 e. The lowest BCUT2D eigenvalue weighted by molar-refractivity contribution is -0.119. The molecule has 0 atom stereocenters. The van der Waals surface area contributed by atoms with Crippen molar-refractivity contribution in [3.05, 3.63) is 22.7 Å². The zero-order valence-electron chi connectivity index (χ0n) is 15.5. The van der Waals surface area contributed by atoms with Crippen LogP contribution in [-0.4, -0.2) is 25.2 Å². The quantitative estimate of drug-likeness (QED) is 0.747. The highest BCUT2D eigenvalue weighted by molar-refractivity contribution is 6.32. The van der Waals surface area contributed by atoms with Gasteiger partial charge >= 0.3 is 0 Å². The molecular weight excluding hydrogens is 328 g/mol. The zero-order valence-corrected chi connectivity index (χ0v) is 16.2. The third kappa shape index (κ3) is 6.97. The predicted molar refractivity (Wildman–Crippen MR) is 97.7 cm³/mol.